The van der Waals surface area contributed by atoms with Gasteiger partial charge in [-0.3, -0.25) is 4.79 Å². The lowest BCUT2D eigenvalue weighted by atomic mass is 9.90. The van der Waals surface area contributed by atoms with Gasteiger partial charge >= 0.3 is 0 Å². The third kappa shape index (κ3) is 2.59. The van der Waals surface area contributed by atoms with E-state index in [-0.39, 0.29) is 0 Å². The number of rotatable bonds is 3. The number of ketones is 1. The summed E-state index contributed by atoms with van der Waals surface area (Å²) in [7, 11) is 0. The van der Waals surface area contributed by atoms with Crippen LogP contribution < -0.4 is 0 Å². The molecule has 0 saturated carbocycles. The largest absolute Gasteiger partial charge is 0.294 e. The summed E-state index contributed by atoms with van der Waals surface area (Å²) in [5, 5.41) is 0. The van der Waals surface area contributed by atoms with Gasteiger partial charge in [-0.15, -0.1) is 0 Å². The van der Waals surface area contributed by atoms with Gasteiger partial charge in [0.25, 0.3) is 0 Å². The quantitative estimate of drug-likeness (QED) is 0.699. The van der Waals surface area contributed by atoms with E-state index in [1.165, 1.54) is 11.1 Å². The summed E-state index contributed by atoms with van der Waals surface area (Å²) in [6.07, 6.45) is 6.33. The summed E-state index contributed by atoms with van der Waals surface area (Å²) in [6.45, 7) is 4.45. The van der Waals surface area contributed by atoms with Gasteiger partial charge in [0.15, 0.2) is 5.78 Å². The molecule has 0 N–H and O–H groups in total. The average Bonchev–Trinajstić information content (AvgIpc) is 2.53. The molecule has 1 aromatic carbocycles. The first kappa shape index (κ1) is 12.3. The molecule has 1 nitrogen and oxygen atoms in total. The predicted octanol–water partition coefficient (Wildman–Crippen LogP) is 4.50. The number of fused-ring (bicyclic) bond motifs is 1. The van der Waals surface area contributed by atoms with E-state index in [0.717, 1.165) is 44.1 Å². The van der Waals surface area contributed by atoms with Crippen LogP contribution in [0, 0.1) is 0 Å². The lowest BCUT2D eigenvalue weighted by Gasteiger charge is -2.15. The van der Waals surface area contributed by atoms with Crippen LogP contribution in [0.15, 0.2) is 18.2 Å². The molecule has 0 amide bonds. The standard InChI is InChI=1S/C16H22O/c1-3-12(4-2)14-10-9-13-7-5-6-8-16(17)15(13)11-14/h9-12H,3-8H2,1-2H3. The highest BCUT2D eigenvalue weighted by Gasteiger charge is 2.17. The minimum Gasteiger partial charge on any atom is -0.294 e. The fraction of sp³-hybridized carbons (Fsp3) is 0.562. The maximum atomic E-state index is 12.1. The van der Waals surface area contributed by atoms with Crippen molar-refractivity contribution in [2.24, 2.45) is 0 Å². The van der Waals surface area contributed by atoms with Crippen molar-refractivity contribution < 1.29 is 4.79 Å². The van der Waals surface area contributed by atoms with Crippen LogP contribution in [-0.2, 0) is 6.42 Å². The molecular formula is C16H22O. The van der Waals surface area contributed by atoms with E-state index in [2.05, 4.69) is 32.0 Å². The normalized spacial score (nSPS) is 15.8. The second-order valence-corrected chi connectivity index (χ2v) is 5.06. The number of hydrogen-bond acceptors (Lipinski definition) is 1. The molecular weight excluding hydrogens is 208 g/mol. The SMILES string of the molecule is CCC(CC)c1ccc2c(c1)C(=O)CCCC2. The Kier molecular flexibility index (Phi) is 3.98. The smallest absolute Gasteiger partial charge is 0.163 e. The van der Waals surface area contributed by atoms with Crippen LogP contribution in [0.25, 0.3) is 0 Å². The molecule has 0 bridgehead atoms. The van der Waals surface area contributed by atoms with Gasteiger partial charge in [-0.2, -0.15) is 0 Å². The van der Waals surface area contributed by atoms with Gasteiger partial charge in [0.1, 0.15) is 0 Å². The molecule has 0 aliphatic heterocycles. The van der Waals surface area contributed by atoms with Crippen molar-refractivity contribution in [1.29, 1.82) is 0 Å². The molecule has 0 saturated heterocycles. The van der Waals surface area contributed by atoms with Crippen molar-refractivity contribution in [2.45, 2.75) is 58.3 Å². The summed E-state index contributed by atoms with van der Waals surface area (Å²) < 4.78 is 0. The van der Waals surface area contributed by atoms with Gasteiger partial charge in [-0.05, 0) is 55.2 Å². The van der Waals surface area contributed by atoms with Crippen LogP contribution in [-0.4, -0.2) is 5.78 Å². The molecule has 1 aliphatic carbocycles. The van der Waals surface area contributed by atoms with Gasteiger partial charge in [0, 0.05) is 12.0 Å². The fourth-order valence-corrected chi connectivity index (χ4v) is 2.82. The average molecular weight is 230 g/mol. The van der Waals surface area contributed by atoms with Crippen LogP contribution in [0.2, 0.25) is 0 Å². The third-order valence-electron chi connectivity index (χ3n) is 3.99. The van der Waals surface area contributed by atoms with E-state index in [1.807, 2.05) is 0 Å². The Labute approximate surface area is 104 Å². The van der Waals surface area contributed by atoms with Crippen molar-refractivity contribution in [3.8, 4) is 0 Å². The minimum absolute atomic E-state index is 0.352. The molecule has 92 valence electrons. The molecule has 0 spiro atoms. The molecule has 0 aromatic heterocycles. The Morgan fingerprint density at radius 3 is 2.53 bits per heavy atom. The summed E-state index contributed by atoms with van der Waals surface area (Å²) in [4.78, 5) is 12.1. The summed E-state index contributed by atoms with van der Waals surface area (Å²) in [6, 6.07) is 6.59. The van der Waals surface area contributed by atoms with Crippen molar-refractivity contribution in [1.82, 2.24) is 0 Å². The van der Waals surface area contributed by atoms with Crippen molar-refractivity contribution in [2.75, 3.05) is 0 Å². The summed E-state index contributed by atoms with van der Waals surface area (Å²) in [5.74, 6) is 0.960. The first-order valence-electron chi connectivity index (χ1n) is 6.92. The Hall–Kier alpha value is -1.11. The zero-order valence-electron chi connectivity index (χ0n) is 11.0. The van der Waals surface area contributed by atoms with Crippen LogP contribution >= 0.6 is 0 Å². The number of carbonyl (C=O) groups excluding carboxylic acids is 1. The second kappa shape index (κ2) is 5.48. The highest BCUT2D eigenvalue weighted by molar-refractivity contribution is 5.98. The van der Waals surface area contributed by atoms with Gasteiger partial charge in [0.2, 0.25) is 0 Å². The molecule has 1 aromatic rings. The predicted molar refractivity (Wildman–Crippen MR) is 71.7 cm³/mol. The zero-order valence-corrected chi connectivity index (χ0v) is 11.0. The first-order valence-corrected chi connectivity index (χ1v) is 6.92. The molecule has 0 radical (unpaired) electrons. The number of benzene rings is 1. The van der Waals surface area contributed by atoms with Crippen LogP contribution in [0.4, 0.5) is 0 Å². The van der Waals surface area contributed by atoms with Gasteiger partial charge in [0.05, 0.1) is 0 Å². The molecule has 0 atom stereocenters. The van der Waals surface area contributed by atoms with E-state index < -0.39 is 0 Å². The van der Waals surface area contributed by atoms with E-state index in [9.17, 15) is 4.79 Å². The van der Waals surface area contributed by atoms with E-state index in [0.29, 0.717) is 11.7 Å². The highest BCUT2D eigenvalue weighted by Crippen LogP contribution is 2.28. The lowest BCUT2D eigenvalue weighted by Crippen LogP contribution is -2.04. The maximum absolute atomic E-state index is 12.1. The zero-order chi connectivity index (χ0) is 12.3. The molecule has 17 heavy (non-hydrogen) atoms. The molecule has 1 heteroatoms. The number of Topliss-reactive ketones (excluding diaryl/α,β-unsaturated/α-hetero) is 1. The Bertz CT molecular complexity index is 402. The van der Waals surface area contributed by atoms with Gasteiger partial charge < -0.3 is 0 Å². The summed E-state index contributed by atoms with van der Waals surface area (Å²) in [5.41, 5.74) is 3.62. The first-order chi connectivity index (χ1) is 8.26. The van der Waals surface area contributed by atoms with Gasteiger partial charge in [-0.25, -0.2) is 0 Å². The highest BCUT2D eigenvalue weighted by atomic mass is 16.1. The second-order valence-electron chi connectivity index (χ2n) is 5.06. The molecule has 0 fully saturated rings. The van der Waals surface area contributed by atoms with Crippen molar-refractivity contribution in [3.05, 3.63) is 34.9 Å². The number of aryl methyl sites for hydroxylation is 1. The molecule has 2 rings (SSSR count). The van der Waals surface area contributed by atoms with Crippen molar-refractivity contribution in [3.63, 3.8) is 0 Å². The molecule has 0 heterocycles. The number of hydrogen-bond donors (Lipinski definition) is 0. The minimum atomic E-state index is 0.352. The molecule has 0 unspecified atom stereocenters. The fourth-order valence-electron chi connectivity index (χ4n) is 2.82. The topological polar surface area (TPSA) is 17.1 Å². The lowest BCUT2D eigenvalue weighted by molar-refractivity contribution is 0.0982. The monoisotopic (exact) mass is 230 g/mol. The van der Waals surface area contributed by atoms with Gasteiger partial charge in [-0.1, -0.05) is 26.0 Å². The number of carbonyl (C=O) groups is 1. The van der Waals surface area contributed by atoms with E-state index in [4.69, 9.17) is 0 Å². The van der Waals surface area contributed by atoms with Crippen molar-refractivity contribution >= 4 is 5.78 Å². The summed E-state index contributed by atoms with van der Waals surface area (Å²) >= 11 is 0. The Balaban J connectivity index is 2.37. The Morgan fingerprint density at radius 1 is 1.12 bits per heavy atom. The van der Waals surface area contributed by atoms with E-state index in [1.54, 1.807) is 0 Å². The van der Waals surface area contributed by atoms with Crippen LogP contribution in [0.5, 0.6) is 0 Å². The van der Waals surface area contributed by atoms with Crippen LogP contribution in [0.1, 0.15) is 73.4 Å². The maximum Gasteiger partial charge on any atom is 0.163 e. The Morgan fingerprint density at radius 2 is 1.82 bits per heavy atom. The van der Waals surface area contributed by atoms with E-state index >= 15 is 0 Å². The molecule has 1 aliphatic rings. The third-order valence-corrected chi connectivity index (χ3v) is 3.99. The van der Waals surface area contributed by atoms with Crippen LogP contribution in [0.3, 0.4) is 0 Å².